The van der Waals surface area contributed by atoms with Gasteiger partial charge in [0, 0.05) is 23.1 Å². The molecule has 8 heteroatoms. The summed E-state index contributed by atoms with van der Waals surface area (Å²) in [5.74, 6) is -0.568. The zero-order valence-electron chi connectivity index (χ0n) is 19.0. The van der Waals surface area contributed by atoms with Crippen LogP contribution >= 0.6 is 15.9 Å². The van der Waals surface area contributed by atoms with Gasteiger partial charge in [0.2, 0.25) is 0 Å². The van der Waals surface area contributed by atoms with Gasteiger partial charge in [-0.05, 0) is 30.7 Å². The Morgan fingerprint density at radius 1 is 0.941 bits per heavy atom. The van der Waals surface area contributed by atoms with Crippen molar-refractivity contribution in [3.8, 4) is 17.2 Å². The number of rotatable bonds is 11. The lowest BCUT2D eigenvalue weighted by Crippen LogP contribution is -2.34. The summed E-state index contributed by atoms with van der Waals surface area (Å²) in [6, 6.07) is 20.2. The van der Waals surface area contributed by atoms with E-state index in [1.54, 1.807) is 11.0 Å². The molecule has 0 spiro atoms. The summed E-state index contributed by atoms with van der Waals surface area (Å²) >= 11 is 3.27. The molecule has 0 heterocycles. The molecule has 0 atom stereocenters. The fourth-order valence-corrected chi connectivity index (χ4v) is 3.86. The highest BCUT2D eigenvalue weighted by atomic mass is 79.9. The standard InChI is InChI=1S/C26H26BrNO6/c1-3-33-22-12-8-7-11-19(22)16-28(15-18-9-5-4-6-10-18)24(29)17-34-25-21(26(30)31)13-20(27)14-23(25)32-2/h4-14H,3,15-17H2,1-2H3,(H,30,31). The number of benzene rings is 3. The number of amides is 1. The molecule has 0 bridgehead atoms. The highest BCUT2D eigenvalue weighted by Crippen LogP contribution is 2.35. The first-order valence-corrected chi connectivity index (χ1v) is 11.5. The van der Waals surface area contributed by atoms with Gasteiger partial charge in [-0.1, -0.05) is 64.5 Å². The molecule has 34 heavy (non-hydrogen) atoms. The van der Waals surface area contributed by atoms with Crippen LogP contribution in [0.1, 0.15) is 28.4 Å². The molecule has 0 radical (unpaired) electrons. The quantitative estimate of drug-likeness (QED) is 0.370. The number of carboxylic acids is 1. The second-order valence-electron chi connectivity index (χ2n) is 7.35. The topological polar surface area (TPSA) is 85.3 Å². The molecule has 0 aliphatic heterocycles. The van der Waals surface area contributed by atoms with E-state index in [9.17, 15) is 14.7 Å². The lowest BCUT2D eigenvalue weighted by molar-refractivity contribution is -0.134. The number of hydrogen-bond donors (Lipinski definition) is 1. The van der Waals surface area contributed by atoms with Gasteiger partial charge in [-0.2, -0.15) is 0 Å². The van der Waals surface area contributed by atoms with E-state index in [1.165, 1.54) is 13.2 Å². The third-order valence-corrected chi connectivity index (χ3v) is 5.47. The number of ether oxygens (including phenoxy) is 3. The van der Waals surface area contributed by atoms with E-state index in [2.05, 4.69) is 15.9 Å². The third kappa shape index (κ3) is 6.51. The molecule has 3 aromatic rings. The Hall–Kier alpha value is -3.52. The summed E-state index contributed by atoms with van der Waals surface area (Å²) in [5, 5.41) is 9.59. The zero-order chi connectivity index (χ0) is 24.5. The minimum atomic E-state index is -1.19. The first-order chi connectivity index (χ1) is 16.4. The van der Waals surface area contributed by atoms with Crippen LogP contribution in [-0.4, -0.2) is 42.2 Å². The van der Waals surface area contributed by atoms with E-state index in [1.807, 2.05) is 61.5 Å². The molecule has 0 unspecified atom stereocenters. The summed E-state index contributed by atoms with van der Waals surface area (Å²) < 4.78 is 17.3. The third-order valence-electron chi connectivity index (χ3n) is 5.01. The fourth-order valence-electron chi connectivity index (χ4n) is 3.43. The first kappa shape index (κ1) is 25.1. The molecule has 1 amide bonds. The number of methoxy groups -OCH3 is 1. The smallest absolute Gasteiger partial charge is 0.339 e. The Labute approximate surface area is 207 Å². The van der Waals surface area contributed by atoms with E-state index in [0.717, 1.165) is 11.1 Å². The van der Waals surface area contributed by atoms with Gasteiger partial charge >= 0.3 is 5.97 Å². The lowest BCUT2D eigenvalue weighted by atomic mass is 10.1. The average molecular weight is 528 g/mol. The Balaban J connectivity index is 1.86. The minimum absolute atomic E-state index is 0.000859. The number of carboxylic acid groups (broad SMARTS) is 1. The highest BCUT2D eigenvalue weighted by molar-refractivity contribution is 9.10. The normalized spacial score (nSPS) is 10.4. The number of halogens is 1. The van der Waals surface area contributed by atoms with Gasteiger partial charge in [0.15, 0.2) is 18.1 Å². The molecule has 3 rings (SSSR count). The summed E-state index contributed by atoms with van der Waals surface area (Å²) in [6.45, 7) is 2.71. The van der Waals surface area contributed by atoms with Gasteiger partial charge in [0.05, 0.1) is 13.7 Å². The maximum atomic E-state index is 13.3. The van der Waals surface area contributed by atoms with E-state index in [4.69, 9.17) is 14.2 Å². The van der Waals surface area contributed by atoms with Gasteiger partial charge in [0.25, 0.3) is 5.91 Å². The van der Waals surface area contributed by atoms with Crippen molar-refractivity contribution in [3.05, 3.63) is 87.9 Å². The van der Waals surface area contributed by atoms with Gasteiger partial charge in [-0.25, -0.2) is 4.79 Å². The fraction of sp³-hybridized carbons (Fsp3) is 0.231. The Morgan fingerprint density at radius 3 is 2.32 bits per heavy atom. The Morgan fingerprint density at radius 2 is 1.65 bits per heavy atom. The number of hydrogen-bond acceptors (Lipinski definition) is 5. The van der Waals surface area contributed by atoms with Crippen molar-refractivity contribution < 1.29 is 28.9 Å². The second-order valence-corrected chi connectivity index (χ2v) is 8.27. The molecule has 0 saturated heterocycles. The van der Waals surface area contributed by atoms with Crippen LogP contribution in [0.3, 0.4) is 0 Å². The monoisotopic (exact) mass is 527 g/mol. The molecule has 1 N–H and O–H groups in total. The van der Waals surface area contributed by atoms with E-state index in [0.29, 0.717) is 29.9 Å². The van der Waals surface area contributed by atoms with Crippen molar-refractivity contribution in [3.63, 3.8) is 0 Å². The van der Waals surface area contributed by atoms with Gasteiger partial charge in [0.1, 0.15) is 11.3 Å². The van der Waals surface area contributed by atoms with E-state index in [-0.39, 0.29) is 29.6 Å². The number of nitrogens with zero attached hydrogens (tertiary/aromatic N) is 1. The van der Waals surface area contributed by atoms with Crippen molar-refractivity contribution in [2.45, 2.75) is 20.0 Å². The van der Waals surface area contributed by atoms with Crippen LogP contribution in [0, 0.1) is 0 Å². The van der Waals surface area contributed by atoms with Crippen molar-refractivity contribution in [1.29, 1.82) is 0 Å². The van der Waals surface area contributed by atoms with Crippen molar-refractivity contribution in [2.75, 3.05) is 20.3 Å². The second kappa shape index (κ2) is 12.1. The van der Waals surface area contributed by atoms with Crippen LogP contribution in [0.25, 0.3) is 0 Å². The van der Waals surface area contributed by atoms with Gasteiger partial charge in [-0.15, -0.1) is 0 Å². The molecule has 178 valence electrons. The van der Waals surface area contributed by atoms with Crippen LogP contribution in [-0.2, 0) is 17.9 Å². The Kier molecular flexibility index (Phi) is 8.93. The predicted molar refractivity (Wildman–Crippen MR) is 131 cm³/mol. The first-order valence-electron chi connectivity index (χ1n) is 10.7. The number of carbonyl (C=O) groups is 2. The van der Waals surface area contributed by atoms with Crippen LogP contribution in [0.2, 0.25) is 0 Å². The van der Waals surface area contributed by atoms with Crippen molar-refractivity contribution in [1.82, 2.24) is 4.90 Å². The number of aromatic carboxylic acids is 1. The molecular formula is C26H26BrNO6. The summed E-state index contributed by atoms with van der Waals surface area (Å²) in [6.07, 6.45) is 0. The molecule has 7 nitrogen and oxygen atoms in total. The highest BCUT2D eigenvalue weighted by Gasteiger charge is 2.22. The van der Waals surface area contributed by atoms with Crippen molar-refractivity contribution >= 4 is 27.8 Å². The zero-order valence-corrected chi connectivity index (χ0v) is 20.6. The van der Waals surface area contributed by atoms with E-state index >= 15 is 0 Å². The van der Waals surface area contributed by atoms with Gasteiger partial charge < -0.3 is 24.2 Å². The Bertz CT molecular complexity index is 1140. The largest absolute Gasteiger partial charge is 0.494 e. The molecule has 0 saturated carbocycles. The molecule has 0 aromatic heterocycles. The van der Waals surface area contributed by atoms with Crippen LogP contribution in [0.5, 0.6) is 17.2 Å². The molecule has 0 aliphatic rings. The number of para-hydroxylation sites is 1. The summed E-state index contributed by atoms with van der Waals surface area (Å²) in [4.78, 5) is 26.7. The predicted octanol–water partition coefficient (Wildman–Crippen LogP) is 5.16. The SMILES string of the molecule is CCOc1ccccc1CN(Cc1ccccc1)C(=O)COc1c(OC)cc(Br)cc1C(=O)O. The molecule has 0 fully saturated rings. The maximum absolute atomic E-state index is 13.3. The van der Waals surface area contributed by atoms with Crippen LogP contribution in [0.4, 0.5) is 0 Å². The number of carbonyl (C=O) groups excluding carboxylic acids is 1. The van der Waals surface area contributed by atoms with Crippen LogP contribution in [0.15, 0.2) is 71.2 Å². The summed E-state index contributed by atoms with van der Waals surface area (Å²) in [5.41, 5.74) is 1.72. The van der Waals surface area contributed by atoms with Gasteiger partial charge in [-0.3, -0.25) is 4.79 Å². The van der Waals surface area contributed by atoms with E-state index < -0.39 is 5.97 Å². The maximum Gasteiger partial charge on any atom is 0.339 e. The molecule has 0 aliphatic carbocycles. The summed E-state index contributed by atoms with van der Waals surface area (Å²) in [7, 11) is 1.41. The molecular weight excluding hydrogens is 502 g/mol. The minimum Gasteiger partial charge on any atom is -0.494 e. The molecule has 3 aromatic carbocycles. The van der Waals surface area contributed by atoms with Crippen LogP contribution < -0.4 is 14.2 Å². The van der Waals surface area contributed by atoms with Crippen molar-refractivity contribution in [2.24, 2.45) is 0 Å². The average Bonchev–Trinajstić information content (AvgIpc) is 2.84. The lowest BCUT2D eigenvalue weighted by Gasteiger charge is -2.25.